The van der Waals surface area contributed by atoms with E-state index in [9.17, 15) is 4.79 Å². The number of aromatic nitrogens is 3. The minimum Gasteiger partial charge on any atom is -0.496 e. The number of methoxy groups -OCH3 is 1. The predicted octanol–water partition coefficient (Wildman–Crippen LogP) is 5.81. The van der Waals surface area contributed by atoms with Gasteiger partial charge in [0.05, 0.1) is 7.11 Å². The van der Waals surface area contributed by atoms with Crippen molar-refractivity contribution in [1.82, 2.24) is 20.1 Å². The summed E-state index contributed by atoms with van der Waals surface area (Å²) in [5.74, 6) is 3.72. The normalized spacial score (nSPS) is 17.4. The van der Waals surface area contributed by atoms with Crippen molar-refractivity contribution in [1.29, 1.82) is 0 Å². The van der Waals surface area contributed by atoms with Crippen LogP contribution in [0.15, 0.2) is 30.9 Å². The number of amides is 1. The van der Waals surface area contributed by atoms with E-state index in [-0.39, 0.29) is 11.8 Å². The maximum Gasteiger partial charge on any atom is 0.221 e. The molecule has 2 fully saturated rings. The van der Waals surface area contributed by atoms with E-state index in [1.54, 1.807) is 7.11 Å². The third-order valence-corrected chi connectivity index (χ3v) is 7.37. The molecule has 1 aromatic heterocycles. The monoisotopic (exact) mass is 464 g/mol. The van der Waals surface area contributed by atoms with E-state index in [0.717, 1.165) is 47.3 Å². The highest BCUT2D eigenvalue weighted by molar-refractivity contribution is 5.76. The van der Waals surface area contributed by atoms with Crippen LogP contribution >= 0.6 is 0 Å². The number of aryl methyl sites for hydroxylation is 2. The van der Waals surface area contributed by atoms with Gasteiger partial charge in [-0.1, -0.05) is 50.3 Å². The quantitative estimate of drug-likeness (QED) is 0.403. The molecule has 6 nitrogen and oxygen atoms in total. The Bertz CT molecular complexity index is 973. The summed E-state index contributed by atoms with van der Waals surface area (Å²) >= 11 is 0. The fraction of sp³-hybridized carbons (Fsp3) is 0.607. The third kappa shape index (κ3) is 6.28. The van der Waals surface area contributed by atoms with E-state index in [1.807, 2.05) is 31.2 Å². The molecule has 2 aliphatic carbocycles. The number of allylic oxidation sites excluding steroid dienone is 1. The Morgan fingerprint density at radius 2 is 2.03 bits per heavy atom. The van der Waals surface area contributed by atoms with Crippen LogP contribution in [0.25, 0.3) is 0 Å². The molecule has 2 aliphatic rings. The summed E-state index contributed by atoms with van der Waals surface area (Å²) in [5.41, 5.74) is 2.12. The third-order valence-electron chi connectivity index (χ3n) is 7.37. The van der Waals surface area contributed by atoms with E-state index in [0.29, 0.717) is 19.0 Å². The standard InChI is InChI=1S/C28H40N4O2/c1-4-8-22(18-27(33)29-19-23-13-11-20(2)17-25(23)34-3)28-31-30-26(32(28)24-14-15-24)16-12-21-9-6-5-7-10-21/h4,11,13,17,21-22,24H,1,5-10,12,14-16,18-19H2,2-3H3,(H,29,33). The van der Waals surface area contributed by atoms with Gasteiger partial charge in [-0.25, -0.2) is 0 Å². The number of carbonyl (C=O) groups is 1. The van der Waals surface area contributed by atoms with Crippen molar-refractivity contribution in [2.75, 3.05) is 7.11 Å². The van der Waals surface area contributed by atoms with Gasteiger partial charge in [0.1, 0.15) is 17.4 Å². The zero-order chi connectivity index (χ0) is 23.9. The van der Waals surface area contributed by atoms with Crippen molar-refractivity contribution in [2.24, 2.45) is 5.92 Å². The van der Waals surface area contributed by atoms with Gasteiger partial charge in [0.2, 0.25) is 5.91 Å². The fourth-order valence-electron chi connectivity index (χ4n) is 5.29. The second kappa shape index (κ2) is 11.7. The summed E-state index contributed by atoms with van der Waals surface area (Å²) in [4.78, 5) is 12.9. The van der Waals surface area contributed by atoms with Crippen LogP contribution in [0.4, 0.5) is 0 Å². The molecular formula is C28H40N4O2. The molecule has 34 heavy (non-hydrogen) atoms. The lowest BCUT2D eigenvalue weighted by atomic mass is 9.86. The molecule has 0 spiro atoms. The lowest BCUT2D eigenvalue weighted by Gasteiger charge is -2.21. The Balaban J connectivity index is 1.41. The first-order valence-corrected chi connectivity index (χ1v) is 13.0. The van der Waals surface area contributed by atoms with Gasteiger partial charge in [-0.3, -0.25) is 4.79 Å². The molecule has 4 rings (SSSR count). The van der Waals surface area contributed by atoms with E-state index >= 15 is 0 Å². The second-order valence-corrected chi connectivity index (χ2v) is 10.1. The lowest BCUT2D eigenvalue weighted by molar-refractivity contribution is -0.121. The van der Waals surface area contributed by atoms with Crippen LogP contribution in [0.1, 0.15) is 98.9 Å². The number of nitrogens with zero attached hydrogens (tertiary/aromatic N) is 3. The fourth-order valence-corrected chi connectivity index (χ4v) is 5.29. The van der Waals surface area contributed by atoms with E-state index in [4.69, 9.17) is 4.74 Å². The summed E-state index contributed by atoms with van der Waals surface area (Å²) in [7, 11) is 1.66. The highest BCUT2D eigenvalue weighted by Crippen LogP contribution is 2.40. The first-order chi connectivity index (χ1) is 16.6. The SMILES string of the molecule is C=CCC(CC(=O)NCc1ccc(C)cc1OC)c1nnc(CCC2CCCCC2)n1C1CC1. The van der Waals surface area contributed by atoms with Gasteiger partial charge in [-0.05, 0) is 50.2 Å². The Hall–Kier alpha value is -2.63. The van der Waals surface area contributed by atoms with Crippen LogP contribution in [0.5, 0.6) is 5.75 Å². The summed E-state index contributed by atoms with van der Waals surface area (Å²) < 4.78 is 7.85. The van der Waals surface area contributed by atoms with Gasteiger partial charge in [0.15, 0.2) is 0 Å². The Labute approximate surface area is 204 Å². The average molecular weight is 465 g/mol. The van der Waals surface area contributed by atoms with Gasteiger partial charge in [-0.2, -0.15) is 0 Å². The molecule has 0 saturated heterocycles. The topological polar surface area (TPSA) is 69.0 Å². The largest absolute Gasteiger partial charge is 0.496 e. The van der Waals surface area contributed by atoms with Crippen LogP contribution in [0.2, 0.25) is 0 Å². The summed E-state index contributed by atoms with van der Waals surface area (Å²) in [5, 5.41) is 12.3. The van der Waals surface area contributed by atoms with Crippen molar-refractivity contribution < 1.29 is 9.53 Å². The molecule has 1 amide bonds. The zero-order valence-corrected chi connectivity index (χ0v) is 20.9. The molecule has 1 unspecified atom stereocenters. The zero-order valence-electron chi connectivity index (χ0n) is 20.9. The molecule has 6 heteroatoms. The van der Waals surface area contributed by atoms with Gasteiger partial charge in [0, 0.05) is 36.9 Å². The Kier molecular flexibility index (Phi) is 8.41. The van der Waals surface area contributed by atoms with Gasteiger partial charge < -0.3 is 14.6 Å². The van der Waals surface area contributed by atoms with Crippen molar-refractivity contribution in [3.8, 4) is 5.75 Å². The minimum atomic E-state index is -0.00561. The van der Waals surface area contributed by atoms with Crippen molar-refractivity contribution >= 4 is 5.91 Å². The molecular weight excluding hydrogens is 424 g/mol. The smallest absolute Gasteiger partial charge is 0.221 e. The number of nitrogens with one attached hydrogen (secondary N) is 1. The molecule has 2 saturated carbocycles. The maximum atomic E-state index is 12.9. The van der Waals surface area contributed by atoms with Crippen LogP contribution < -0.4 is 10.1 Å². The van der Waals surface area contributed by atoms with E-state index in [2.05, 4.69) is 26.7 Å². The molecule has 1 N–H and O–H groups in total. The number of hydrogen-bond acceptors (Lipinski definition) is 4. The van der Waals surface area contributed by atoms with Crippen LogP contribution in [-0.2, 0) is 17.8 Å². The molecule has 184 valence electrons. The summed E-state index contributed by atoms with van der Waals surface area (Å²) in [6, 6.07) is 6.54. The van der Waals surface area contributed by atoms with E-state index < -0.39 is 0 Å². The number of hydrogen-bond donors (Lipinski definition) is 1. The number of rotatable bonds is 12. The van der Waals surface area contributed by atoms with Crippen molar-refractivity contribution in [3.05, 3.63) is 53.6 Å². The van der Waals surface area contributed by atoms with Crippen LogP contribution in [-0.4, -0.2) is 27.8 Å². The molecule has 2 aromatic rings. The average Bonchev–Trinajstić information content (AvgIpc) is 3.60. The van der Waals surface area contributed by atoms with Gasteiger partial charge in [0.25, 0.3) is 0 Å². The lowest BCUT2D eigenvalue weighted by Crippen LogP contribution is -2.26. The second-order valence-electron chi connectivity index (χ2n) is 10.1. The maximum absolute atomic E-state index is 12.9. The Morgan fingerprint density at radius 3 is 2.74 bits per heavy atom. The van der Waals surface area contributed by atoms with Crippen LogP contribution in [0.3, 0.4) is 0 Å². The molecule has 1 heterocycles. The molecule has 1 atom stereocenters. The first kappa shape index (κ1) is 24.5. The van der Waals surface area contributed by atoms with Crippen LogP contribution in [0, 0.1) is 12.8 Å². The number of carbonyl (C=O) groups excluding carboxylic acids is 1. The van der Waals surface area contributed by atoms with Gasteiger partial charge in [-0.15, -0.1) is 16.8 Å². The predicted molar refractivity (Wildman–Crippen MR) is 135 cm³/mol. The molecule has 1 aromatic carbocycles. The molecule has 0 bridgehead atoms. The van der Waals surface area contributed by atoms with Gasteiger partial charge >= 0.3 is 0 Å². The highest BCUT2D eigenvalue weighted by Gasteiger charge is 2.32. The first-order valence-electron chi connectivity index (χ1n) is 13.0. The van der Waals surface area contributed by atoms with Crippen molar-refractivity contribution in [2.45, 2.75) is 96.1 Å². The molecule has 0 aliphatic heterocycles. The van der Waals surface area contributed by atoms with Crippen molar-refractivity contribution in [3.63, 3.8) is 0 Å². The summed E-state index contributed by atoms with van der Waals surface area (Å²) in [6.45, 7) is 6.43. The summed E-state index contributed by atoms with van der Waals surface area (Å²) in [6.07, 6.45) is 14.4. The minimum absolute atomic E-state index is 0.00561. The number of ether oxygens (including phenoxy) is 1. The van der Waals surface area contributed by atoms with E-state index in [1.165, 1.54) is 51.4 Å². The highest BCUT2D eigenvalue weighted by atomic mass is 16.5. The number of benzene rings is 1. The Morgan fingerprint density at radius 1 is 1.24 bits per heavy atom. The molecule has 0 radical (unpaired) electrons.